The van der Waals surface area contributed by atoms with Crippen LogP contribution < -0.4 is 5.73 Å². The third-order valence-corrected chi connectivity index (χ3v) is 5.44. The first-order valence-corrected chi connectivity index (χ1v) is 10.2. The van der Waals surface area contributed by atoms with E-state index in [2.05, 4.69) is 10.1 Å². The maximum atomic E-state index is 14.9. The van der Waals surface area contributed by atoms with Gasteiger partial charge in [-0.25, -0.2) is 18.3 Å². The topological polar surface area (TPSA) is 97.1 Å². The number of nitrogen functional groups attached to an aromatic ring is 1. The molecule has 2 aromatic carbocycles. The fourth-order valence-electron chi connectivity index (χ4n) is 3.85. The molecule has 4 aromatic rings. The highest BCUT2D eigenvalue weighted by Crippen LogP contribution is 2.34. The largest absolute Gasteiger partial charge is 0.416 e. The van der Waals surface area contributed by atoms with Crippen molar-refractivity contribution in [3.8, 4) is 17.2 Å². The minimum atomic E-state index is -4.68. The van der Waals surface area contributed by atoms with E-state index in [-0.39, 0.29) is 17.8 Å². The highest BCUT2D eigenvalue weighted by atomic mass is 19.4. The molecular formula is C24H16F5N5O. The number of hydrogen-bond donors (Lipinski definition) is 1. The fraction of sp³-hybridized carbons (Fsp3) is 0.167. The number of carbonyl (C=O) groups is 1. The number of rotatable bonds is 6. The minimum absolute atomic E-state index is 0.00252. The van der Waals surface area contributed by atoms with E-state index in [0.717, 1.165) is 6.07 Å². The molecule has 35 heavy (non-hydrogen) atoms. The molecule has 0 unspecified atom stereocenters. The van der Waals surface area contributed by atoms with Crippen LogP contribution in [0.1, 0.15) is 22.3 Å². The Balaban J connectivity index is 1.62. The van der Waals surface area contributed by atoms with Crippen LogP contribution in [0.15, 0.2) is 48.9 Å². The van der Waals surface area contributed by atoms with Crippen molar-refractivity contribution in [3.63, 3.8) is 0 Å². The first kappa shape index (κ1) is 23.8. The van der Waals surface area contributed by atoms with E-state index in [1.165, 1.54) is 23.0 Å². The number of anilines is 1. The van der Waals surface area contributed by atoms with Crippen molar-refractivity contribution in [3.05, 3.63) is 82.8 Å². The summed E-state index contributed by atoms with van der Waals surface area (Å²) in [7, 11) is 0. The molecule has 0 aliphatic rings. The van der Waals surface area contributed by atoms with Gasteiger partial charge in [-0.1, -0.05) is 12.1 Å². The summed E-state index contributed by atoms with van der Waals surface area (Å²) in [5, 5.41) is 13.2. The van der Waals surface area contributed by atoms with Gasteiger partial charge >= 0.3 is 6.18 Å². The van der Waals surface area contributed by atoms with Gasteiger partial charge in [0.05, 0.1) is 18.1 Å². The van der Waals surface area contributed by atoms with Gasteiger partial charge in [-0.3, -0.25) is 4.79 Å². The lowest BCUT2D eigenvalue weighted by atomic mass is 9.96. The van der Waals surface area contributed by atoms with Crippen LogP contribution in [0.25, 0.3) is 16.6 Å². The molecular weight excluding hydrogens is 469 g/mol. The average molecular weight is 485 g/mol. The molecule has 6 nitrogen and oxygen atoms in total. The molecule has 0 spiro atoms. The molecule has 0 saturated heterocycles. The number of nitrogens with zero attached hydrogens (tertiary/aromatic N) is 4. The van der Waals surface area contributed by atoms with E-state index in [0.29, 0.717) is 40.4 Å². The van der Waals surface area contributed by atoms with Crippen LogP contribution >= 0.6 is 0 Å². The molecule has 0 saturated carbocycles. The standard InChI is InChI=1S/C24H16F5N5O/c25-19-4-3-17(24(27,28)29)7-16(19)9-18(35)8-13-1-2-14(10-20(13)26)21-15(5-6-30)11-34-22(21)23(31)32-12-33-34/h1-4,7,10-12H,5,8-9H2,(H2,31,32,33). The molecule has 2 N–H and O–H groups in total. The number of Topliss-reactive ketones (excluding diaryl/α,β-unsaturated/α-hetero) is 1. The second-order valence-electron chi connectivity index (χ2n) is 7.81. The average Bonchev–Trinajstić information content (AvgIpc) is 3.15. The van der Waals surface area contributed by atoms with Crippen LogP contribution in [0.2, 0.25) is 0 Å². The third-order valence-electron chi connectivity index (χ3n) is 5.44. The van der Waals surface area contributed by atoms with Crippen LogP contribution in [-0.4, -0.2) is 20.4 Å². The summed E-state index contributed by atoms with van der Waals surface area (Å²) in [6.45, 7) is 0. The van der Waals surface area contributed by atoms with Crippen molar-refractivity contribution in [2.45, 2.75) is 25.4 Å². The van der Waals surface area contributed by atoms with E-state index in [9.17, 15) is 26.7 Å². The number of aromatic nitrogens is 3. The first-order valence-electron chi connectivity index (χ1n) is 10.2. The summed E-state index contributed by atoms with van der Waals surface area (Å²) in [6, 6.07) is 7.88. The van der Waals surface area contributed by atoms with Crippen molar-refractivity contribution in [1.29, 1.82) is 5.26 Å². The Labute approximate surface area is 195 Å². The summed E-state index contributed by atoms with van der Waals surface area (Å²) in [4.78, 5) is 16.4. The Hall–Kier alpha value is -4.33. The predicted molar refractivity (Wildman–Crippen MR) is 116 cm³/mol. The number of carbonyl (C=O) groups excluding carboxylic acids is 1. The van der Waals surface area contributed by atoms with Crippen LogP contribution in [-0.2, 0) is 30.2 Å². The van der Waals surface area contributed by atoms with Gasteiger partial charge in [-0.05, 0) is 46.5 Å². The van der Waals surface area contributed by atoms with Gasteiger partial charge in [0.25, 0.3) is 0 Å². The number of nitrogens with two attached hydrogens (primary N) is 1. The number of fused-ring (bicyclic) bond motifs is 1. The monoisotopic (exact) mass is 485 g/mol. The first-order chi connectivity index (χ1) is 16.6. The van der Waals surface area contributed by atoms with Crippen molar-refractivity contribution < 1.29 is 26.7 Å². The number of halogens is 5. The van der Waals surface area contributed by atoms with Gasteiger partial charge in [-0.2, -0.15) is 23.5 Å². The number of benzene rings is 2. The van der Waals surface area contributed by atoms with Crippen LogP contribution in [0, 0.1) is 23.0 Å². The van der Waals surface area contributed by atoms with E-state index in [1.54, 1.807) is 6.20 Å². The molecule has 0 fully saturated rings. The molecule has 0 radical (unpaired) electrons. The summed E-state index contributed by atoms with van der Waals surface area (Å²) in [5.74, 6) is -2.24. The maximum absolute atomic E-state index is 14.9. The van der Waals surface area contributed by atoms with Gasteiger partial charge in [-0.15, -0.1) is 0 Å². The Morgan fingerprint density at radius 3 is 2.46 bits per heavy atom. The van der Waals surface area contributed by atoms with Gasteiger partial charge < -0.3 is 5.73 Å². The van der Waals surface area contributed by atoms with Crippen LogP contribution in [0.3, 0.4) is 0 Å². The third kappa shape index (κ3) is 4.82. The smallest absolute Gasteiger partial charge is 0.382 e. The lowest BCUT2D eigenvalue weighted by Crippen LogP contribution is -2.11. The number of ketones is 1. The normalized spacial score (nSPS) is 11.5. The molecule has 11 heteroatoms. The van der Waals surface area contributed by atoms with Crippen molar-refractivity contribution >= 4 is 17.1 Å². The zero-order valence-corrected chi connectivity index (χ0v) is 17.9. The molecule has 2 heterocycles. The molecule has 0 aliphatic heterocycles. The van der Waals surface area contributed by atoms with Gasteiger partial charge in [0.15, 0.2) is 5.82 Å². The van der Waals surface area contributed by atoms with E-state index in [4.69, 9.17) is 11.0 Å². The Morgan fingerprint density at radius 2 is 1.77 bits per heavy atom. The summed E-state index contributed by atoms with van der Waals surface area (Å²) < 4.78 is 69.0. The van der Waals surface area contributed by atoms with Crippen molar-refractivity contribution in [1.82, 2.24) is 14.6 Å². The van der Waals surface area contributed by atoms with Crippen molar-refractivity contribution in [2.24, 2.45) is 0 Å². The van der Waals surface area contributed by atoms with Gasteiger partial charge in [0.2, 0.25) is 0 Å². The molecule has 2 aromatic heterocycles. The van der Waals surface area contributed by atoms with E-state index in [1.807, 2.05) is 6.07 Å². The van der Waals surface area contributed by atoms with E-state index >= 15 is 0 Å². The number of nitriles is 1. The molecule has 0 bridgehead atoms. The summed E-state index contributed by atoms with van der Waals surface area (Å²) >= 11 is 0. The second-order valence-corrected chi connectivity index (χ2v) is 7.81. The Bertz CT molecular complexity index is 1490. The molecule has 4 rings (SSSR count). The second kappa shape index (κ2) is 9.13. The number of hydrogen-bond acceptors (Lipinski definition) is 5. The fourth-order valence-corrected chi connectivity index (χ4v) is 3.85. The van der Waals surface area contributed by atoms with E-state index < -0.39 is 47.6 Å². The quantitative estimate of drug-likeness (QED) is 0.400. The highest BCUT2D eigenvalue weighted by Gasteiger charge is 2.31. The minimum Gasteiger partial charge on any atom is -0.382 e. The molecule has 0 atom stereocenters. The molecule has 178 valence electrons. The Kier molecular flexibility index (Phi) is 6.22. The number of alkyl halides is 3. The van der Waals surface area contributed by atoms with Gasteiger partial charge in [0, 0.05) is 24.6 Å². The summed E-state index contributed by atoms with van der Waals surface area (Å²) in [6.07, 6.45) is -2.93. The SMILES string of the molecule is N#CCc1cn2ncnc(N)c2c1-c1ccc(CC(=O)Cc2cc(C(F)(F)F)ccc2F)c(F)c1. The lowest BCUT2D eigenvalue weighted by Gasteiger charge is -2.10. The predicted octanol–water partition coefficient (Wildman–Crippen LogP) is 4.70. The van der Waals surface area contributed by atoms with Crippen LogP contribution in [0.4, 0.5) is 27.8 Å². The van der Waals surface area contributed by atoms with Crippen molar-refractivity contribution in [2.75, 3.05) is 5.73 Å². The highest BCUT2D eigenvalue weighted by molar-refractivity contribution is 5.90. The zero-order chi connectivity index (χ0) is 25.3. The maximum Gasteiger partial charge on any atom is 0.416 e. The zero-order valence-electron chi connectivity index (χ0n) is 17.9. The molecule has 0 amide bonds. The van der Waals surface area contributed by atoms with Gasteiger partial charge in [0.1, 0.15) is 29.3 Å². The lowest BCUT2D eigenvalue weighted by molar-refractivity contribution is -0.137. The Morgan fingerprint density at radius 1 is 1.03 bits per heavy atom. The summed E-state index contributed by atoms with van der Waals surface area (Å²) in [5.41, 5.74) is 6.23. The molecule has 0 aliphatic carbocycles. The van der Waals surface area contributed by atoms with Crippen LogP contribution in [0.5, 0.6) is 0 Å².